The molecule has 1 aliphatic heterocycles. The Morgan fingerprint density at radius 2 is 2.24 bits per heavy atom. The molecule has 5 nitrogen and oxygen atoms in total. The maximum atomic E-state index is 11.6. The standard InChI is InChI=1S/C12H21NO4/c1-3-4-5-6-9-7-8-10(11(14)17-9)13-12(15)16-2/h9-10H,3-8H2,1-2H3,(H,13,15). The van der Waals surface area contributed by atoms with Gasteiger partial charge in [-0.1, -0.05) is 19.8 Å². The van der Waals surface area contributed by atoms with Crippen LogP contribution in [0.1, 0.15) is 45.4 Å². The number of hydrogen-bond acceptors (Lipinski definition) is 4. The zero-order valence-corrected chi connectivity index (χ0v) is 10.5. The van der Waals surface area contributed by atoms with Gasteiger partial charge >= 0.3 is 12.1 Å². The summed E-state index contributed by atoms with van der Waals surface area (Å²) in [5, 5.41) is 2.47. The molecule has 1 heterocycles. The van der Waals surface area contributed by atoms with E-state index >= 15 is 0 Å². The fourth-order valence-electron chi connectivity index (χ4n) is 1.93. The van der Waals surface area contributed by atoms with Crippen molar-refractivity contribution in [3.63, 3.8) is 0 Å². The quantitative estimate of drug-likeness (QED) is 0.592. The van der Waals surface area contributed by atoms with E-state index in [0.29, 0.717) is 6.42 Å². The summed E-state index contributed by atoms with van der Waals surface area (Å²) in [5.41, 5.74) is 0. The van der Waals surface area contributed by atoms with Gasteiger partial charge in [0, 0.05) is 0 Å². The van der Waals surface area contributed by atoms with Crippen LogP contribution in [0.5, 0.6) is 0 Å². The van der Waals surface area contributed by atoms with E-state index in [4.69, 9.17) is 4.74 Å². The first-order chi connectivity index (χ1) is 8.17. The Hall–Kier alpha value is -1.26. The van der Waals surface area contributed by atoms with Gasteiger partial charge in [-0.25, -0.2) is 9.59 Å². The van der Waals surface area contributed by atoms with E-state index in [1.165, 1.54) is 7.11 Å². The number of rotatable bonds is 5. The molecule has 0 aromatic heterocycles. The highest BCUT2D eigenvalue weighted by Gasteiger charge is 2.30. The predicted octanol–water partition coefficient (Wildman–Crippen LogP) is 2.00. The van der Waals surface area contributed by atoms with Gasteiger partial charge in [0.25, 0.3) is 0 Å². The number of esters is 1. The van der Waals surface area contributed by atoms with E-state index in [0.717, 1.165) is 32.1 Å². The first-order valence-corrected chi connectivity index (χ1v) is 6.22. The van der Waals surface area contributed by atoms with E-state index in [2.05, 4.69) is 17.0 Å². The highest BCUT2D eigenvalue weighted by atomic mass is 16.6. The summed E-state index contributed by atoms with van der Waals surface area (Å²) in [5.74, 6) is -0.344. The van der Waals surface area contributed by atoms with Crippen LogP contribution >= 0.6 is 0 Å². The highest BCUT2D eigenvalue weighted by molar-refractivity contribution is 5.81. The van der Waals surface area contributed by atoms with Gasteiger partial charge in [-0.3, -0.25) is 0 Å². The van der Waals surface area contributed by atoms with Crippen molar-refractivity contribution in [1.29, 1.82) is 0 Å². The van der Waals surface area contributed by atoms with Crippen LogP contribution < -0.4 is 5.32 Å². The largest absolute Gasteiger partial charge is 0.461 e. The number of carbonyl (C=O) groups excluding carboxylic acids is 2. The fourth-order valence-corrected chi connectivity index (χ4v) is 1.93. The fraction of sp³-hybridized carbons (Fsp3) is 0.833. The van der Waals surface area contributed by atoms with Gasteiger partial charge in [0.2, 0.25) is 0 Å². The lowest BCUT2D eigenvalue weighted by Gasteiger charge is -2.28. The van der Waals surface area contributed by atoms with Crippen LogP contribution in [0.15, 0.2) is 0 Å². The molecule has 1 saturated heterocycles. The predicted molar refractivity (Wildman–Crippen MR) is 62.6 cm³/mol. The normalized spacial score (nSPS) is 24.0. The van der Waals surface area contributed by atoms with E-state index in [1.807, 2.05) is 0 Å². The van der Waals surface area contributed by atoms with E-state index in [9.17, 15) is 9.59 Å². The Kier molecular flexibility index (Phi) is 5.80. The van der Waals surface area contributed by atoms with Gasteiger partial charge in [0.1, 0.15) is 12.1 Å². The number of cyclic esters (lactones) is 1. The second-order valence-electron chi connectivity index (χ2n) is 4.32. The first-order valence-electron chi connectivity index (χ1n) is 6.22. The minimum atomic E-state index is -0.587. The molecule has 2 atom stereocenters. The molecule has 0 aromatic carbocycles. The van der Waals surface area contributed by atoms with Crippen molar-refractivity contribution in [1.82, 2.24) is 5.32 Å². The Bertz CT molecular complexity index is 267. The van der Waals surface area contributed by atoms with E-state index in [-0.39, 0.29) is 12.1 Å². The average Bonchev–Trinajstić information content (AvgIpc) is 2.32. The third-order valence-corrected chi connectivity index (χ3v) is 2.95. The molecule has 0 radical (unpaired) electrons. The van der Waals surface area contributed by atoms with Crippen molar-refractivity contribution >= 4 is 12.1 Å². The lowest BCUT2D eigenvalue weighted by molar-refractivity contribution is -0.157. The SMILES string of the molecule is CCCCCC1CCC(NC(=O)OC)C(=O)O1. The molecular formula is C12H21NO4. The molecule has 1 rings (SSSR count). The summed E-state index contributed by atoms with van der Waals surface area (Å²) in [6.07, 6.45) is 5.20. The van der Waals surface area contributed by atoms with Gasteiger partial charge in [-0.15, -0.1) is 0 Å². The van der Waals surface area contributed by atoms with Crippen LogP contribution in [0.4, 0.5) is 4.79 Å². The zero-order valence-electron chi connectivity index (χ0n) is 10.5. The smallest absolute Gasteiger partial charge is 0.407 e. The number of carbonyl (C=O) groups is 2. The van der Waals surface area contributed by atoms with Crippen LogP contribution in [0.2, 0.25) is 0 Å². The number of ether oxygens (including phenoxy) is 2. The van der Waals surface area contributed by atoms with Crippen LogP contribution in [0, 0.1) is 0 Å². The molecule has 2 unspecified atom stereocenters. The van der Waals surface area contributed by atoms with Crippen molar-refractivity contribution in [3.8, 4) is 0 Å². The third kappa shape index (κ3) is 4.63. The summed E-state index contributed by atoms with van der Waals surface area (Å²) < 4.78 is 9.73. The van der Waals surface area contributed by atoms with Crippen LogP contribution in [0.3, 0.4) is 0 Å². The van der Waals surface area contributed by atoms with Crippen LogP contribution in [-0.2, 0) is 14.3 Å². The summed E-state index contributed by atoms with van der Waals surface area (Å²) in [6, 6.07) is -0.551. The molecule has 17 heavy (non-hydrogen) atoms. The summed E-state index contributed by atoms with van der Waals surface area (Å²) in [7, 11) is 1.27. The molecule has 5 heteroatoms. The topological polar surface area (TPSA) is 64.6 Å². The molecule has 0 bridgehead atoms. The van der Waals surface area contributed by atoms with Crippen LogP contribution in [0.25, 0.3) is 0 Å². The minimum absolute atomic E-state index is 0.0183. The van der Waals surface area contributed by atoms with Gasteiger partial charge in [-0.2, -0.15) is 0 Å². The Morgan fingerprint density at radius 1 is 1.47 bits per heavy atom. The van der Waals surface area contributed by atoms with Crippen molar-refractivity contribution in [2.45, 2.75) is 57.6 Å². The van der Waals surface area contributed by atoms with E-state index < -0.39 is 12.1 Å². The molecule has 1 N–H and O–H groups in total. The molecule has 0 aliphatic carbocycles. The van der Waals surface area contributed by atoms with Gasteiger partial charge in [0.15, 0.2) is 0 Å². The van der Waals surface area contributed by atoms with Gasteiger partial charge < -0.3 is 14.8 Å². The summed E-state index contributed by atoms with van der Waals surface area (Å²) >= 11 is 0. The van der Waals surface area contributed by atoms with E-state index in [1.54, 1.807) is 0 Å². The molecule has 0 aromatic rings. The molecule has 0 spiro atoms. The lowest BCUT2D eigenvalue weighted by Crippen LogP contribution is -2.46. The van der Waals surface area contributed by atoms with Crippen molar-refractivity contribution in [2.75, 3.05) is 7.11 Å². The zero-order chi connectivity index (χ0) is 12.7. The number of hydrogen-bond donors (Lipinski definition) is 1. The number of unbranched alkanes of at least 4 members (excludes halogenated alkanes) is 2. The molecular weight excluding hydrogens is 222 g/mol. The lowest BCUT2D eigenvalue weighted by atomic mass is 10.00. The monoisotopic (exact) mass is 243 g/mol. The maximum Gasteiger partial charge on any atom is 0.407 e. The highest BCUT2D eigenvalue weighted by Crippen LogP contribution is 2.19. The summed E-state index contributed by atoms with van der Waals surface area (Å²) in [6.45, 7) is 2.14. The van der Waals surface area contributed by atoms with Crippen LogP contribution in [-0.4, -0.2) is 31.3 Å². The maximum absolute atomic E-state index is 11.6. The number of nitrogens with one attached hydrogen (secondary N) is 1. The third-order valence-electron chi connectivity index (χ3n) is 2.95. The molecule has 1 amide bonds. The minimum Gasteiger partial charge on any atom is -0.461 e. The Labute approximate surface area is 102 Å². The van der Waals surface area contributed by atoms with Crippen molar-refractivity contribution in [2.24, 2.45) is 0 Å². The number of amides is 1. The van der Waals surface area contributed by atoms with Crippen molar-refractivity contribution < 1.29 is 19.1 Å². The number of methoxy groups -OCH3 is 1. The van der Waals surface area contributed by atoms with Gasteiger partial charge in [-0.05, 0) is 25.7 Å². The van der Waals surface area contributed by atoms with Gasteiger partial charge in [0.05, 0.1) is 7.11 Å². The summed E-state index contributed by atoms with van der Waals surface area (Å²) in [4.78, 5) is 22.6. The number of alkyl carbamates (subject to hydrolysis) is 1. The molecule has 1 fully saturated rings. The average molecular weight is 243 g/mol. The molecule has 1 aliphatic rings. The van der Waals surface area contributed by atoms with Crippen molar-refractivity contribution in [3.05, 3.63) is 0 Å². The molecule has 0 saturated carbocycles. The Balaban J connectivity index is 2.29. The second kappa shape index (κ2) is 7.14. The Morgan fingerprint density at radius 3 is 2.82 bits per heavy atom. The molecule has 98 valence electrons. The second-order valence-corrected chi connectivity index (χ2v) is 4.32. The first kappa shape index (κ1) is 13.8.